The highest BCUT2D eigenvalue weighted by molar-refractivity contribution is 6.07. The highest BCUT2D eigenvalue weighted by Gasteiger charge is 2.57. The molecule has 0 atom stereocenters. The van der Waals surface area contributed by atoms with Gasteiger partial charge in [0.2, 0.25) is 11.8 Å². The molecule has 22 heavy (non-hydrogen) atoms. The Morgan fingerprint density at radius 2 is 1.86 bits per heavy atom. The summed E-state index contributed by atoms with van der Waals surface area (Å²) in [7, 11) is 0. The maximum atomic E-state index is 13.5. The van der Waals surface area contributed by atoms with Crippen molar-refractivity contribution in [3.8, 4) is 0 Å². The Kier molecular flexibility index (Phi) is 4.14. The summed E-state index contributed by atoms with van der Waals surface area (Å²) in [4.78, 5) is 26.6. The summed E-state index contributed by atoms with van der Waals surface area (Å²) >= 11 is 0. The van der Waals surface area contributed by atoms with Crippen LogP contribution in [0.1, 0.15) is 31.2 Å². The summed E-state index contributed by atoms with van der Waals surface area (Å²) in [5, 5.41) is 2.81. The predicted octanol–water partition coefficient (Wildman–Crippen LogP) is 1.89. The first kappa shape index (κ1) is 15.0. The Morgan fingerprint density at radius 1 is 1.18 bits per heavy atom. The minimum Gasteiger partial charge on any atom is -0.355 e. The molecule has 0 bridgehead atoms. The zero-order chi connectivity index (χ0) is 15.6. The molecule has 2 amide bonds. The third kappa shape index (κ3) is 2.85. The molecule has 2 fully saturated rings. The second-order valence-electron chi connectivity index (χ2n) is 6.18. The molecule has 1 aliphatic heterocycles. The van der Waals surface area contributed by atoms with E-state index >= 15 is 0 Å². The maximum absolute atomic E-state index is 13.5. The molecule has 1 aliphatic carbocycles. The number of halogens is 1. The van der Waals surface area contributed by atoms with Crippen LogP contribution < -0.4 is 5.32 Å². The van der Waals surface area contributed by atoms with Gasteiger partial charge < -0.3 is 10.2 Å². The molecular weight excluding hydrogens is 283 g/mol. The minimum atomic E-state index is -0.834. The number of rotatable bonds is 5. The molecule has 5 heteroatoms. The van der Waals surface area contributed by atoms with Crippen LogP contribution in [0.5, 0.6) is 0 Å². The Labute approximate surface area is 129 Å². The highest BCUT2D eigenvalue weighted by atomic mass is 19.1. The van der Waals surface area contributed by atoms with Crippen LogP contribution in [0.3, 0.4) is 0 Å². The van der Waals surface area contributed by atoms with Gasteiger partial charge in [0.05, 0.1) is 0 Å². The van der Waals surface area contributed by atoms with Gasteiger partial charge in [-0.3, -0.25) is 9.59 Å². The van der Waals surface area contributed by atoms with Crippen molar-refractivity contribution >= 4 is 11.8 Å². The first-order valence-corrected chi connectivity index (χ1v) is 7.94. The van der Waals surface area contributed by atoms with E-state index < -0.39 is 5.41 Å². The molecule has 2 aliphatic rings. The van der Waals surface area contributed by atoms with Crippen LogP contribution in [0.2, 0.25) is 0 Å². The summed E-state index contributed by atoms with van der Waals surface area (Å²) in [6.07, 6.45) is 3.75. The van der Waals surface area contributed by atoms with E-state index in [9.17, 15) is 14.0 Å². The maximum Gasteiger partial charge on any atom is 0.238 e. The van der Waals surface area contributed by atoms with Gasteiger partial charge in [-0.25, -0.2) is 4.39 Å². The number of nitrogens with zero attached hydrogens (tertiary/aromatic N) is 1. The topological polar surface area (TPSA) is 49.4 Å². The SMILES string of the molecule is O=C(NCCc1ccccc1F)C1(C(=O)N2CCCC2)CC1. The van der Waals surface area contributed by atoms with Gasteiger partial charge in [-0.05, 0) is 43.7 Å². The third-order valence-corrected chi connectivity index (χ3v) is 4.63. The quantitative estimate of drug-likeness (QED) is 0.845. The predicted molar refractivity (Wildman–Crippen MR) is 80.6 cm³/mol. The summed E-state index contributed by atoms with van der Waals surface area (Å²) in [6, 6.07) is 6.55. The lowest BCUT2D eigenvalue weighted by molar-refractivity contribution is -0.143. The van der Waals surface area contributed by atoms with Crippen molar-refractivity contribution in [2.75, 3.05) is 19.6 Å². The van der Waals surface area contributed by atoms with Crippen molar-refractivity contribution < 1.29 is 14.0 Å². The summed E-state index contributed by atoms with van der Waals surface area (Å²) in [6.45, 7) is 1.89. The van der Waals surface area contributed by atoms with Gasteiger partial charge in [-0.1, -0.05) is 18.2 Å². The first-order valence-electron chi connectivity index (χ1n) is 7.94. The average molecular weight is 304 g/mol. The first-order chi connectivity index (χ1) is 10.6. The molecular formula is C17H21FN2O2. The van der Waals surface area contributed by atoms with Crippen LogP contribution >= 0.6 is 0 Å². The highest BCUT2D eigenvalue weighted by Crippen LogP contribution is 2.47. The average Bonchev–Trinajstić information content (AvgIpc) is 3.15. The number of hydrogen-bond donors (Lipinski definition) is 1. The van der Waals surface area contributed by atoms with Gasteiger partial charge in [0, 0.05) is 19.6 Å². The van der Waals surface area contributed by atoms with Crippen molar-refractivity contribution in [3.05, 3.63) is 35.6 Å². The summed E-state index contributed by atoms with van der Waals surface area (Å²) in [5.74, 6) is -0.472. The van der Waals surface area contributed by atoms with Gasteiger partial charge >= 0.3 is 0 Å². The van der Waals surface area contributed by atoms with Gasteiger partial charge in [0.15, 0.2) is 0 Å². The van der Waals surface area contributed by atoms with Crippen molar-refractivity contribution in [1.29, 1.82) is 0 Å². The van der Waals surface area contributed by atoms with Gasteiger partial charge in [-0.2, -0.15) is 0 Å². The van der Waals surface area contributed by atoms with Crippen LogP contribution in [0.4, 0.5) is 4.39 Å². The normalized spacial score (nSPS) is 19.0. The Hall–Kier alpha value is -1.91. The van der Waals surface area contributed by atoms with Gasteiger partial charge in [0.25, 0.3) is 0 Å². The van der Waals surface area contributed by atoms with Gasteiger partial charge in [-0.15, -0.1) is 0 Å². The van der Waals surface area contributed by atoms with Crippen LogP contribution in [0, 0.1) is 11.2 Å². The molecule has 1 heterocycles. The van der Waals surface area contributed by atoms with Crippen molar-refractivity contribution in [3.63, 3.8) is 0 Å². The van der Waals surface area contributed by atoms with E-state index in [0.717, 1.165) is 25.9 Å². The van der Waals surface area contributed by atoms with Crippen molar-refractivity contribution in [2.24, 2.45) is 5.41 Å². The molecule has 0 radical (unpaired) electrons. The molecule has 3 rings (SSSR count). The molecule has 4 nitrogen and oxygen atoms in total. The second-order valence-corrected chi connectivity index (χ2v) is 6.18. The van der Waals surface area contributed by atoms with Crippen molar-refractivity contribution in [2.45, 2.75) is 32.1 Å². The number of likely N-dealkylation sites (tertiary alicyclic amines) is 1. The molecule has 1 saturated heterocycles. The molecule has 1 saturated carbocycles. The molecule has 118 valence electrons. The Balaban J connectivity index is 1.53. The minimum absolute atomic E-state index is 0.0200. The van der Waals surface area contributed by atoms with E-state index in [1.54, 1.807) is 18.2 Å². The fourth-order valence-corrected chi connectivity index (χ4v) is 3.07. The fourth-order valence-electron chi connectivity index (χ4n) is 3.07. The lowest BCUT2D eigenvalue weighted by Gasteiger charge is -2.22. The standard InChI is InChI=1S/C17H21FN2O2/c18-14-6-2-1-5-13(14)7-10-19-15(21)17(8-9-17)16(22)20-11-3-4-12-20/h1-2,5-6H,3-4,7-12H2,(H,19,21). The number of nitrogens with one attached hydrogen (secondary N) is 1. The zero-order valence-corrected chi connectivity index (χ0v) is 12.6. The lowest BCUT2D eigenvalue weighted by atomic mass is 10.0. The third-order valence-electron chi connectivity index (χ3n) is 4.63. The van der Waals surface area contributed by atoms with E-state index in [1.807, 2.05) is 4.90 Å². The molecule has 0 unspecified atom stereocenters. The molecule has 1 N–H and O–H groups in total. The Morgan fingerprint density at radius 3 is 2.50 bits per heavy atom. The largest absolute Gasteiger partial charge is 0.355 e. The zero-order valence-electron chi connectivity index (χ0n) is 12.6. The van der Waals surface area contributed by atoms with E-state index in [4.69, 9.17) is 0 Å². The molecule has 1 aromatic rings. The van der Waals surface area contributed by atoms with Crippen molar-refractivity contribution in [1.82, 2.24) is 10.2 Å². The van der Waals surface area contributed by atoms with Crippen LogP contribution in [-0.4, -0.2) is 36.3 Å². The number of carbonyl (C=O) groups is 2. The van der Waals surface area contributed by atoms with E-state index in [0.29, 0.717) is 31.4 Å². The lowest BCUT2D eigenvalue weighted by Crippen LogP contribution is -2.44. The fraction of sp³-hybridized carbons (Fsp3) is 0.529. The number of carbonyl (C=O) groups excluding carboxylic acids is 2. The van der Waals surface area contributed by atoms with Crippen LogP contribution in [0.15, 0.2) is 24.3 Å². The molecule has 0 spiro atoms. The smallest absolute Gasteiger partial charge is 0.238 e. The summed E-state index contributed by atoms with van der Waals surface area (Å²) < 4.78 is 13.5. The molecule has 0 aromatic heterocycles. The number of amides is 2. The van der Waals surface area contributed by atoms with E-state index in [-0.39, 0.29) is 17.6 Å². The van der Waals surface area contributed by atoms with E-state index in [2.05, 4.69) is 5.32 Å². The second kappa shape index (κ2) is 6.07. The van der Waals surface area contributed by atoms with Crippen LogP contribution in [-0.2, 0) is 16.0 Å². The van der Waals surface area contributed by atoms with Gasteiger partial charge in [0.1, 0.15) is 11.2 Å². The van der Waals surface area contributed by atoms with Crippen LogP contribution in [0.25, 0.3) is 0 Å². The van der Waals surface area contributed by atoms with E-state index in [1.165, 1.54) is 6.07 Å². The summed E-state index contributed by atoms with van der Waals surface area (Å²) in [5.41, 5.74) is -0.252. The number of hydrogen-bond acceptors (Lipinski definition) is 2. The Bertz CT molecular complexity index is 578. The number of benzene rings is 1. The molecule has 1 aromatic carbocycles. The monoisotopic (exact) mass is 304 g/mol.